The Balaban J connectivity index is 1.59. The normalized spacial score (nSPS) is 21.7. The highest BCUT2D eigenvalue weighted by molar-refractivity contribution is 5.32. The van der Waals surface area contributed by atoms with E-state index in [1.807, 2.05) is 0 Å². The van der Waals surface area contributed by atoms with Gasteiger partial charge in [0, 0.05) is 19.6 Å². The first-order valence-corrected chi connectivity index (χ1v) is 9.33. The third-order valence-electron chi connectivity index (χ3n) is 5.74. The standard InChI is InChI=1S/C20H26N2O2/c1-3-7-16(8-4-1)15-18-21-22-19(24-18)20(11-13-23-14-12-20)17-9-5-2-6-10-17/h2,5-6,9-10,16H,1,3-4,7-8,11-15H2. The number of hydrogen-bond acceptors (Lipinski definition) is 4. The van der Waals surface area contributed by atoms with Gasteiger partial charge < -0.3 is 9.15 Å². The summed E-state index contributed by atoms with van der Waals surface area (Å²) in [6, 6.07) is 10.6. The number of aromatic nitrogens is 2. The summed E-state index contributed by atoms with van der Waals surface area (Å²) in [5, 5.41) is 8.88. The van der Waals surface area contributed by atoms with Crippen LogP contribution in [0.2, 0.25) is 0 Å². The van der Waals surface area contributed by atoms with E-state index in [-0.39, 0.29) is 5.41 Å². The average molecular weight is 326 g/mol. The van der Waals surface area contributed by atoms with E-state index in [0.717, 1.165) is 50.2 Å². The van der Waals surface area contributed by atoms with Gasteiger partial charge in [0.2, 0.25) is 11.8 Å². The molecule has 1 aromatic heterocycles. The van der Waals surface area contributed by atoms with Gasteiger partial charge in [0.1, 0.15) is 0 Å². The lowest BCUT2D eigenvalue weighted by Gasteiger charge is -2.34. The van der Waals surface area contributed by atoms with Gasteiger partial charge in [-0.1, -0.05) is 49.6 Å². The lowest BCUT2D eigenvalue weighted by molar-refractivity contribution is 0.0539. The van der Waals surface area contributed by atoms with Gasteiger partial charge in [-0.05, 0) is 37.2 Å². The van der Waals surface area contributed by atoms with E-state index in [1.165, 1.54) is 37.7 Å². The zero-order chi connectivity index (χ0) is 16.2. The van der Waals surface area contributed by atoms with E-state index in [9.17, 15) is 0 Å². The van der Waals surface area contributed by atoms with Crippen molar-refractivity contribution in [1.29, 1.82) is 0 Å². The Labute approximate surface area is 143 Å². The van der Waals surface area contributed by atoms with Crippen molar-refractivity contribution in [3.63, 3.8) is 0 Å². The minimum absolute atomic E-state index is 0.183. The fourth-order valence-corrected chi connectivity index (χ4v) is 4.27. The van der Waals surface area contributed by atoms with Crippen molar-refractivity contribution in [2.75, 3.05) is 13.2 Å². The van der Waals surface area contributed by atoms with Gasteiger partial charge in [0.05, 0.1) is 5.41 Å². The van der Waals surface area contributed by atoms with Gasteiger partial charge in [-0.2, -0.15) is 0 Å². The highest BCUT2D eigenvalue weighted by Crippen LogP contribution is 2.40. The summed E-state index contributed by atoms with van der Waals surface area (Å²) in [5.74, 6) is 2.32. The summed E-state index contributed by atoms with van der Waals surface area (Å²) in [6.45, 7) is 1.49. The Morgan fingerprint density at radius 2 is 1.71 bits per heavy atom. The largest absolute Gasteiger partial charge is 0.424 e. The van der Waals surface area contributed by atoms with E-state index in [0.29, 0.717) is 0 Å². The Morgan fingerprint density at radius 3 is 2.46 bits per heavy atom. The first kappa shape index (κ1) is 15.8. The first-order valence-electron chi connectivity index (χ1n) is 9.33. The lowest BCUT2D eigenvalue weighted by atomic mass is 9.74. The van der Waals surface area contributed by atoms with Gasteiger partial charge in [-0.25, -0.2) is 0 Å². The molecule has 1 aliphatic carbocycles. The van der Waals surface area contributed by atoms with Crippen LogP contribution < -0.4 is 0 Å². The average Bonchev–Trinajstić information content (AvgIpc) is 3.13. The summed E-state index contributed by atoms with van der Waals surface area (Å²) in [7, 11) is 0. The molecule has 1 aromatic carbocycles. The minimum atomic E-state index is -0.183. The van der Waals surface area contributed by atoms with E-state index in [4.69, 9.17) is 9.15 Å². The van der Waals surface area contributed by atoms with E-state index >= 15 is 0 Å². The second-order valence-corrected chi connectivity index (χ2v) is 7.27. The van der Waals surface area contributed by atoms with Crippen molar-refractivity contribution in [2.24, 2.45) is 5.92 Å². The highest BCUT2D eigenvalue weighted by Gasteiger charge is 2.41. The molecule has 128 valence electrons. The number of ether oxygens (including phenoxy) is 1. The molecule has 0 unspecified atom stereocenters. The minimum Gasteiger partial charge on any atom is -0.424 e. The van der Waals surface area contributed by atoms with E-state index in [1.54, 1.807) is 0 Å². The van der Waals surface area contributed by atoms with Crippen LogP contribution in [0.25, 0.3) is 0 Å². The number of hydrogen-bond donors (Lipinski definition) is 0. The maximum atomic E-state index is 6.21. The third-order valence-corrected chi connectivity index (χ3v) is 5.74. The summed E-state index contributed by atoms with van der Waals surface area (Å²) in [5.41, 5.74) is 1.08. The molecular formula is C20H26N2O2. The van der Waals surface area contributed by atoms with Crippen molar-refractivity contribution < 1.29 is 9.15 Å². The summed E-state index contributed by atoms with van der Waals surface area (Å²) < 4.78 is 11.8. The molecule has 0 radical (unpaired) electrons. The molecule has 1 saturated carbocycles. The van der Waals surface area contributed by atoms with Crippen LogP contribution in [0.15, 0.2) is 34.7 Å². The molecule has 2 fully saturated rings. The molecule has 2 heterocycles. The van der Waals surface area contributed by atoms with E-state index < -0.39 is 0 Å². The fourth-order valence-electron chi connectivity index (χ4n) is 4.27. The predicted molar refractivity (Wildman–Crippen MR) is 91.9 cm³/mol. The molecule has 1 saturated heterocycles. The van der Waals surface area contributed by atoms with Crippen LogP contribution in [-0.4, -0.2) is 23.4 Å². The monoisotopic (exact) mass is 326 g/mol. The number of nitrogens with zero attached hydrogens (tertiary/aromatic N) is 2. The molecule has 4 nitrogen and oxygen atoms in total. The summed E-state index contributed by atoms with van der Waals surface area (Å²) in [4.78, 5) is 0. The Bertz CT molecular complexity index is 641. The van der Waals surface area contributed by atoms with Gasteiger partial charge in [-0.15, -0.1) is 10.2 Å². The molecule has 4 rings (SSSR count). The fraction of sp³-hybridized carbons (Fsp3) is 0.600. The van der Waals surface area contributed by atoms with Crippen molar-refractivity contribution in [2.45, 2.75) is 56.8 Å². The maximum absolute atomic E-state index is 6.21. The van der Waals surface area contributed by atoms with Gasteiger partial charge in [-0.3, -0.25) is 0 Å². The molecule has 0 spiro atoms. The SMILES string of the molecule is c1ccc(C2(c3nnc(CC4CCCCC4)o3)CCOCC2)cc1. The quantitative estimate of drug-likeness (QED) is 0.841. The number of rotatable bonds is 4. The molecule has 2 aliphatic rings. The van der Waals surface area contributed by atoms with Crippen LogP contribution in [0.1, 0.15) is 62.3 Å². The molecular weight excluding hydrogens is 300 g/mol. The van der Waals surface area contributed by atoms with Crippen molar-refractivity contribution in [3.8, 4) is 0 Å². The zero-order valence-corrected chi connectivity index (χ0v) is 14.2. The second kappa shape index (κ2) is 7.06. The smallest absolute Gasteiger partial charge is 0.227 e. The van der Waals surface area contributed by atoms with Crippen LogP contribution >= 0.6 is 0 Å². The Kier molecular flexibility index (Phi) is 4.65. The van der Waals surface area contributed by atoms with Crippen LogP contribution in [0.3, 0.4) is 0 Å². The number of benzene rings is 1. The Morgan fingerprint density at radius 1 is 0.958 bits per heavy atom. The molecule has 0 bridgehead atoms. The lowest BCUT2D eigenvalue weighted by Crippen LogP contribution is -2.35. The molecule has 24 heavy (non-hydrogen) atoms. The predicted octanol–water partition coefficient (Wildman–Crippen LogP) is 4.29. The van der Waals surface area contributed by atoms with Crippen LogP contribution in [0, 0.1) is 5.92 Å². The van der Waals surface area contributed by atoms with E-state index in [2.05, 4.69) is 40.5 Å². The van der Waals surface area contributed by atoms with Crippen LogP contribution in [0.5, 0.6) is 0 Å². The Hall–Kier alpha value is -1.68. The van der Waals surface area contributed by atoms with Gasteiger partial charge >= 0.3 is 0 Å². The van der Waals surface area contributed by atoms with Gasteiger partial charge in [0.15, 0.2) is 0 Å². The molecule has 0 atom stereocenters. The highest BCUT2D eigenvalue weighted by atomic mass is 16.5. The second-order valence-electron chi connectivity index (χ2n) is 7.27. The zero-order valence-electron chi connectivity index (χ0n) is 14.2. The molecule has 4 heteroatoms. The van der Waals surface area contributed by atoms with Gasteiger partial charge in [0.25, 0.3) is 0 Å². The molecule has 1 aliphatic heterocycles. The topological polar surface area (TPSA) is 48.2 Å². The first-order chi connectivity index (χ1) is 11.9. The molecule has 0 amide bonds. The van der Waals surface area contributed by atoms with Crippen LogP contribution in [-0.2, 0) is 16.6 Å². The molecule has 0 N–H and O–H groups in total. The molecule has 2 aromatic rings. The third kappa shape index (κ3) is 3.12. The van der Waals surface area contributed by atoms with Crippen molar-refractivity contribution >= 4 is 0 Å². The van der Waals surface area contributed by atoms with Crippen LogP contribution in [0.4, 0.5) is 0 Å². The summed E-state index contributed by atoms with van der Waals surface area (Å²) in [6.07, 6.45) is 9.42. The maximum Gasteiger partial charge on any atom is 0.227 e. The van der Waals surface area contributed by atoms with Crippen molar-refractivity contribution in [1.82, 2.24) is 10.2 Å². The van der Waals surface area contributed by atoms with Crippen molar-refractivity contribution in [3.05, 3.63) is 47.7 Å². The summed E-state index contributed by atoms with van der Waals surface area (Å²) >= 11 is 0.